The Balaban J connectivity index is 2.43. The minimum absolute atomic E-state index is 0.0680. The summed E-state index contributed by atoms with van der Waals surface area (Å²) in [4.78, 5) is 26.9. The first-order chi connectivity index (χ1) is 11.0. The van der Waals surface area contributed by atoms with Gasteiger partial charge in [-0.25, -0.2) is 0 Å². The van der Waals surface area contributed by atoms with Crippen LogP contribution in [-0.4, -0.2) is 17.5 Å². The number of benzene rings is 1. The number of anilines is 1. The van der Waals surface area contributed by atoms with Crippen LogP contribution in [0.4, 0.5) is 5.82 Å². The number of fused-ring (bicyclic) bond motifs is 1. The molecule has 7 nitrogen and oxygen atoms in total. The number of carbonyl (C=O) groups excluding carboxylic acids is 1. The summed E-state index contributed by atoms with van der Waals surface area (Å²) in [6.07, 6.45) is 0. The molecule has 2 aromatic rings. The van der Waals surface area contributed by atoms with Crippen LogP contribution in [0.5, 0.6) is 0 Å². The molecule has 1 aromatic heterocycles. The lowest BCUT2D eigenvalue weighted by Gasteiger charge is -2.31. The van der Waals surface area contributed by atoms with Gasteiger partial charge in [-0.2, -0.15) is 5.26 Å². The first kappa shape index (κ1) is 14.8. The summed E-state index contributed by atoms with van der Waals surface area (Å²) in [5, 5.41) is 12.1. The van der Waals surface area contributed by atoms with Gasteiger partial charge >= 0.3 is 0 Å². The zero-order valence-corrected chi connectivity index (χ0v) is 12.3. The molecule has 1 unspecified atom stereocenters. The van der Waals surface area contributed by atoms with E-state index in [2.05, 4.69) is 10.3 Å². The SMILES string of the molecule is CCOC1(c2ccccc2)NC(=O)c2c(N)[nH]c(=O)c(C#N)c21. The van der Waals surface area contributed by atoms with Crippen LogP contribution in [0.15, 0.2) is 35.1 Å². The summed E-state index contributed by atoms with van der Waals surface area (Å²) in [5.41, 5.74) is 4.39. The summed E-state index contributed by atoms with van der Waals surface area (Å²) in [7, 11) is 0. The lowest BCUT2D eigenvalue weighted by atomic mass is 9.91. The topological polar surface area (TPSA) is 121 Å². The molecule has 0 radical (unpaired) electrons. The smallest absolute Gasteiger partial charge is 0.267 e. The number of nitrogens with one attached hydrogen (secondary N) is 2. The van der Waals surface area contributed by atoms with Gasteiger partial charge in [-0.05, 0) is 6.92 Å². The second-order valence-electron chi connectivity index (χ2n) is 5.04. The van der Waals surface area contributed by atoms with E-state index in [0.29, 0.717) is 5.56 Å². The van der Waals surface area contributed by atoms with Crippen LogP contribution in [0.1, 0.15) is 34.0 Å². The first-order valence-corrected chi connectivity index (χ1v) is 7.03. The number of amides is 1. The van der Waals surface area contributed by atoms with E-state index in [1.165, 1.54) is 0 Å². The fourth-order valence-corrected chi connectivity index (χ4v) is 2.90. The molecule has 1 aliphatic heterocycles. The van der Waals surface area contributed by atoms with Gasteiger partial charge in [0.05, 0.1) is 5.56 Å². The maximum absolute atomic E-state index is 12.4. The number of aromatic amines is 1. The van der Waals surface area contributed by atoms with Crippen molar-refractivity contribution >= 4 is 11.7 Å². The van der Waals surface area contributed by atoms with Crippen molar-refractivity contribution in [3.63, 3.8) is 0 Å². The van der Waals surface area contributed by atoms with Crippen LogP contribution in [0.2, 0.25) is 0 Å². The summed E-state index contributed by atoms with van der Waals surface area (Å²) in [5.74, 6) is -0.582. The van der Waals surface area contributed by atoms with Gasteiger partial charge in [0.1, 0.15) is 17.5 Å². The number of H-pyrrole nitrogens is 1. The molecule has 4 N–H and O–H groups in total. The van der Waals surface area contributed by atoms with Gasteiger partial charge in [0.15, 0.2) is 5.72 Å². The highest BCUT2D eigenvalue weighted by molar-refractivity contribution is 6.04. The zero-order chi connectivity index (χ0) is 16.6. The van der Waals surface area contributed by atoms with E-state index >= 15 is 0 Å². The van der Waals surface area contributed by atoms with Crippen molar-refractivity contribution in [2.75, 3.05) is 12.3 Å². The minimum atomic E-state index is -1.41. The maximum Gasteiger partial charge on any atom is 0.267 e. The Kier molecular flexibility index (Phi) is 3.39. The van der Waals surface area contributed by atoms with Crippen LogP contribution in [0.3, 0.4) is 0 Å². The van der Waals surface area contributed by atoms with Crippen molar-refractivity contribution in [2.24, 2.45) is 0 Å². The summed E-state index contributed by atoms with van der Waals surface area (Å²) in [6.45, 7) is 2.02. The number of hydrogen-bond acceptors (Lipinski definition) is 5. The molecule has 0 fully saturated rings. The lowest BCUT2D eigenvalue weighted by Crippen LogP contribution is -2.44. The predicted molar refractivity (Wildman–Crippen MR) is 82.5 cm³/mol. The fourth-order valence-electron chi connectivity index (χ4n) is 2.90. The van der Waals surface area contributed by atoms with Gasteiger partial charge in [0.25, 0.3) is 11.5 Å². The molecule has 1 amide bonds. The average molecular weight is 310 g/mol. The molecule has 1 atom stereocenters. The molecule has 116 valence electrons. The standard InChI is InChI=1S/C16H14N4O3/c1-2-23-16(9-6-4-3-5-7-9)12-10(8-17)14(21)19-13(18)11(12)15(22)20-16/h3-7H,2H2,1H3,(H,20,22)(H3,18,19,21). The monoisotopic (exact) mass is 310 g/mol. The Morgan fingerprint density at radius 3 is 2.61 bits per heavy atom. The summed E-state index contributed by atoms with van der Waals surface area (Å²) < 4.78 is 5.83. The molecule has 0 saturated heterocycles. The number of nitriles is 1. The van der Waals surface area contributed by atoms with Gasteiger partial charge in [-0.3, -0.25) is 9.59 Å². The fraction of sp³-hybridized carbons (Fsp3) is 0.188. The number of nitrogens with two attached hydrogens (primary N) is 1. The number of pyridine rings is 1. The van der Waals surface area contributed by atoms with E-state index in [1.807, 2.05) is 12.1 Å². The molecule has 0 saturated carbocycles. The van der Waals surface area contributed by atoms with Crippen molar-refractivity contribution in [3.05, 3.63) is 62.9 Å². The molecule has 0 spiro atoms. The summed E-state index contributed by atoms with van der Waals surface area (Å²) in [6, 6.07) is 10.7. The molecule has 3 rings (SSSR count). The highest BCUT2D eigenvalue weighted by atomic mass is 16.5. The highest BCUT2D eigenvalue weighted by Crippen LogP contribution is 2.40. The van der Waals surface area contributed by atoms with Crippen molar-refractivity contribution in [3.8, 4) is 6.07 Å². The summed E-state index contributed by atoms with van der Waals surface area (Å²) >= 11 is 0. The number of rotatable bonds is 3. The van der Waals surface area contributed by atoms with Gasteiger partial charge in [-0.15, -0.1) is 0 Å². The molecule has 23 heavy (non-hydrogen) atoms. The number of nitrogens with zero attached hydrogens (tertiary/aromatic N) is 1. The second kappa shape index (κ2) is 5.26. The van der Waals surface area contributed by atoms with Gasteiger partial charge in [0.2, 0.25) is 0 Å². The van der Waals surface area contributed by atoms with E-state index in [4.69, 9.17) is 10.5 Å². The number of aromatic nitrogens is 1. The largest absolute Gasteiger partial charge is 0.385 e. The normalized spacial score (nSPS) is 19.0. The van der Waals surface area contributed by atoms with Crippen molar-refractivity contribution in [1.82, 2.24) is 10.3 Å². The number of nitrogen functional groups attached to an aromatic ring is 1. The maximum atomic E-state index is 12.4. The van der Waals surface area contributed by atoms with E-state index in [9.17, 15) is 14.9 Å². The van der Waals surface area contributed by atoms with Gasteiger partial charge in [-0.1, -0.05) is 30.3 Å². The Morgan fingerprint density at radius 2 is 2.00 bits per heavy atom. The Labute approximate surface area is 131 Å². The van der Waals surface area contributed by atoms with Gasteiger partial charge in [0, 0.05) is 17.7 Å². The Hall–Kier alpha value is -3.11. The number of carbonyl (C=O) groups is 1. The third-order valence-corrected chi connectivity index (χ3v) is 3.77. The third kappa shape index (κ3) is 2.00. The van der Waals surface area contributed by atoms with E-state index in [-0.39, 0.29) is 29.1 Å². The van der Waals surface area contributed by atoms with Gasteiger partial charge < -0.3 is 20.8 Å². The molecular formula is C16H14N4O3. The minimum Gasteiger partial charge on any atom is -0.385 e. The number of ether oxygens (including phenoxy) is 1. The molecule has 1 aliphatic rings. The van der Waals surface area contributed by atoms with E-state index < -0.39 is 17.2 Å². The average Bonchev–Trinajstić information content (AvgIpc) is 2.83. The van der Waals surface area contributed by atoms with Crippen LogP contribution in [0.25, 0.3) is 0 Å². The van der Waals surface area contributed by atoms with Crippen LogP contribution < -0.4 is 16.6 Å². The van der Waals surface area contributed by atoms with Crippen LogP contribution >= 0.6 is 0 Å². The quantitative estimate of drug-likeness (QED) is 0.774. The number of hydrogen-bond donors (Lipinski definition) is 3. The molecule has 1 aromatic carbocycles. The molecule has 0 aliphatic carbocycles. The molecular weight excluding hydrogens is 296 g/mol. The Morgan fingerprint density at radius 1 is 1.30 bits per heavy atom. The van der Waals surface area contributed by atoms with Crippen molar-refractivity contribution in [2.45, 2.75) is 12.6 Å². The van der Waals surface area contributed by atoms with Crippen molar-refractivity contribution in [1.29, 1.82) is 5.26 Å². The van der Waals surface area contributed by atoms with E-state index in [0.717, 1.165) is 0 Å². The molecule has 0 bridgehead atoms. The highest BCUT2D eigenvalue weighted by Gasteiger charge is 2.49. The molecule has 7 heteroatoms. The first-order valence-electron chi connectivity index (χ1n) is 7.03. The van der Waals surface area contributed by atoms with Crippen LogP contribution in [-0.2, 0) is 10.5 Å². The Bertz CT molecular complexity index is 883. The lowest BCUT2D eigenvalue weighted by molar-refractivity contribution is -0.0259. The zero-order valence-electron chi connectivity index (χ0n) is 12.3. The van der Waals surface area contributed by atoms with Crippen molar-refractivity contribution < 1.29 is 9.53 Å². The third-order valence-electron chi connectivity index (χ3n) is 3.77. The van der Waals surface area contributed by atoms with Crippen LogP contribution in [0, 0.1) is 11.3 Å². The second-order valence-corrected chi connectivity index (χ2v) is 5.04. The molecule has 2 heterocycles. The predicted octanol–water partition coefficient (Wildman–Crippen LogP) is 0.810. The van der Waals surface area contributed by atoms with E-state index in [1.54, 1.807) is 31.2 Å².